The van der Waals surface area contributed by atoms with Gasteiger partial charge in [-0.15, -0.1) is 0 Å². The van der Waals surface area contributed by atoms with E-state index in [1.54, 1.807) is 0 Å². The van der Waals surface area contributed by atoms with Crippen molar-refractivity contribution in [1.82, 2.24) is 0 Å². The van der Waals surface area contributed by atoms with Crippen LogP contribution in [0.3, 0.4) is 0 Å². The van der Waals surface area contributed by atoms with Crippen molar-refractivity contribution in [3.63, 3.8) is 0 Å². The lowest BCUT2D eigenvalue weighted by molar-refractivity contribution is 0.0586. The summed E-state index contributed by atoms with van der Waals surface area (Å²) in [5, 5.41) is 0. The number of rotatable bonds is 21. The lowest BCUT2D eigenvalue weighted by atomic mass is 10.1. The molecule has 0 fully saturated rings. The van der Waals surface area contributed by atoms with Crippen molar-refractivity contribution < 1.29 is 13.3 Å². The SMILES string of the molecule is CCCO[Si](CCCCCCCCCCCCN)(OCCC)OCCC. The van der Waals surface area contributed by atoms with Crippen LogP contribution in [-0.2, 0) is 13.3 Å². The predicted molar refractivity (Wildman–Crippen MR) is 115 cm³/mol. The molecule has 0 rings (SSSR count). The van der Waals surface area contributed by atoms with Gasteiger partial charge in [0.15, 0.2) is 0 Å². The minimum absolute atomic E-state index is 0.754. The summed E-state index contributed by atoms with van der Waals surface area (Å²) in [5.74, 6) is 0. The summed E-state index contributed by atoms with van der Waals surface area (Å²) in [4.78, 5) is 0. The Kier molecular flexibility index (Phi) is 19.9. The van der Waals surface area contributed by atoms with E-state index in [1.165, 1.54) is 64.2 Å². The number of hydrogen-bond acceptors (Lipinski definition) is 4. The summed E-state index contributed by atoms with van der Waals surface area (Å²) < 4.78 is 18.5. The molecule has 0 aliphatic carbocycles. The largest absolute Gasteiger partial charge is 0.500 e. The van der Waals surface area contributed by atoms with E-state index in [0.29, 0.717) is 0 Å². The Morgan fingerprint density at radius 1 is 0.538 bits per heavy atom. The van der Waals surface area contributed by atoms with Crippen molar-refractivity contribution in [2.45, 2.75) is 110 Å². The van der Waals surface area contributed by atoms with Gasteiger partial charge in [0.05, 0.1) is 0 Å². The van der Waals surface area contributed by atoms with Gasteiger partial charge in [0, 0.05) is 25.9 Å². The maximum Gasteiger partial charge on any atom is 0.500 e. The summed E-state index contributed by atoms with van der Waals surface area (Å²) >= 11 is 0. The van der Waals surface area contributed by atoms with Crippen LogP contribution in [0, 0.1) is 0 Å². The first-order valence-corrected chi connectivity index (χ1v) is 13.3. The van der Waals surface area contributed by atoms with Crippen molar-refractivity contribution >= 4 is 8.80 Å². The van der Waals surface area contributed by atoms with Crippen molar-refractivity contribution in [2.24, 2.45) is 5.73 Å². The van der Waals surface area contributed by atoms with Crippen LogP contribution in [-0.4, -0.2) is 35.2 Å². The average Bonchev–Trinajstić information content (AvgIpc) is 2.66. The predicted octanol–water partition coefficient (Wildman–Crippen LogP) is 6.06. The van der Waals surface area contributed by atoms with Crippen LogP contribution in [0.1, 0.15) is 104 Å². The molecule has 0 aliphatic heterocycles. The van der Waals surface area contributed by atoms with E-state index in [0.717, 1.165) is 51.7 Å². The van der Waals surface area contributed by atoms with E-state index in [2.05, 4.69) is 20.8 Å². The molecule has 0 aromatic heterocycles. The lowest BCUT2D eigenvalue weighted by Gasteiger charge is -2.29. The lowest BCUT2D eigenvalue weighted by Crippen LogP contribution is -2.46. The van der Waals surface area contributed by atoms with Gasteiger partial charge in [-0.05, 0) is 38.6 Å². The Labute approximate surface area is 164 Å². The summed E-state index contributed by atoms with van der Waals surface area (Å²) in [6.45, 7) is 9.55. The highest BCUT2D eigenvalue weighted by Gasteiger charge is 2.40. The first kappa shape index (κ1) is 26.1. The molecule has 0 spiro atoms. The Morgan fingerprint density at radius 3 is 1.23 bits per heavy atom. The van der Waals surface area contributed by atoms with E-state index in [9.17, 15) is 0 Å². The second kappa shape index (κ2) is 19.8. The fourth-order valence-corrected chi connectivity index (χ4v) is 5.93. The molecule has 5 heteroatoms. The maximum absolute atomic E-state index is 6.16. The molecule has 0 aromatic rings. The molecule has 0 saturated heterocycles. The van der Waals surface area contributed by atoms with Gasteiger partial charge < -0.3 is 19.0 Å². The third kappa shape index (κ3) is 15.1. The smallest absolute Gasteiger partial charge is 0.373 e. The summed E-state index contributed by atoms with van der Waals surface area (Å²) in [6.07, 6.45) is 16.1. The molecule has 2 N–H and O–H groups in total. The van der Waals surface area contributed by atoms with Crippen molar-refractivity contribution in [2.75, 3.05) is 26.4 Å². The highest BCUT2D eigenvalue weighted by Crippen LogP contribution is 2.22. The molecule has 0 bridgehead atoms. The van der Waals surface area contributed by atoms with Crippen LogP contribution in [0.2, 0.25) is 6.04 Å². The number of hydrogen-bond donors (Lipinski definition) is 1. The fourth-order valence-electron chi connectivity index (χ4n) is 3.01. The third-order valence-electron chi connectivity index (χ3n) is 4.52. The molecule has 158 valence electrons. The topological polar surface area (TPSA) is 53.7 Å². The molecule has 4 nitrogen and oxygen atoms in total. The van der Waals surface area contributed by atoms with Gasteiger partial charge >= 0.3 is 8.80 Å². The highest BCUT2D eigenvalue weighted by atomic mass is 28.4. The van der Waals surface area contributed by atoms with Crippen molar-refractivity contribution in [3.8, 4) is 0 Å². The summed E-state index contributed by atoms with van der Waals surface area (Å²) in [7, 11) is -2.46. The molecule has 0 unspecified atom stereocenters. The molecular weight excluding hydrogens is 342 g/mol. The zero-order valence-electron chi connectivity index (χ0n) is 18.0. The van der Waals surface area contributed by atoms with Crippen LogP contribution < -0.4 is 5.73 Å². The first-order chi connectivity index (χ1) is 12.7. The van der Waals surface area contributed by atoms with Crippen LogP contribution in [0.4, 0.5) is 0 Å². The number of unbranched alkanes of at least 4 members (excludes halogenated alkanes) is 9. The van der Waals surface area contributed by atoms with Gasteiger partial charge in [-0.1, -0.05) is 72.1 Å². The molecule has 0 aliphatic rings. The molecule has 26 heavy (non-hydrogen) atoms. The molecule has 0 heterocycles. The molecule has 0 atom stereocenters. The monoisotopic (exact) mass is 389 g/mol. The van der Waals surface area contributed by atoms with Gasteiger partial charge in [-0.2, -0.15) is 0 Å². The van der Waals surface area contributed by atoms with E-state index >= 15 is 0 Å². The summed E-state index contributed by atoms with van der Waals surface area (Å²) in [6, 6.07) is 0.978. The highest BCUT2D eigenvalue weighted by molar-refractivity contribution is 6.60. The summed E-state index contributed by atoms with van der Waals surface area (Å²) in [5.41, 5.74) is 5.52. The second-order valence-corrected chi connectivity index (χ2v) is 10.0. The molecule has 0 amide bonds. The number of nitrogens with two attached hydrogens (primary N) is 1. The Bertz CT molecular complexity index is 258. The Morgan fingerprint density at radius 2 is 0.885 bits per heavy atom. The van der Waals surface area contributed by atoms with Crippen LogP contribution in [0.15, 0.2) is 0 Å². The zero-order valence-corrected chi connectivity index (χ0v) is 19.0. The average molecular weight is 390 g/mol. The van der Waals surface area contributed by atoms with Crippen molar-refractivity contribution in [3.05, 3.63) is 0 Å². The third-order valence-corrected chi connectivity index (χ3v) is 7.41. The van der Waals surface area contributed by atoms with E-state index < -0.39 is 8.80 Å². The van der Waals surface area contributed by atoms with Gasteiger partial charge in [-0.3, -0.25) is 0 Å². The van der Waals surface area contributed by atoms with Crippen LogP contribution in [0.25, 0.3) is 0 Å². The van der Waals surface area contributed by atoms with Crippen molar-refractivity contribution in [1.29, 1.82) is 0 Å². The van der Waals surface area contributed by atoms with E-state index in [-0.39, 0.29) is 0 Å². The Hall–Kier alpha value is 0.0569. The van der Waals surface area contributed by atoms with E-state index in [1.807, 2.05) is 0 Å². The van der Waals surface area contributed by atoms with Gasteiger partial charge in [0.2, 0.25) is 0 Å². The minimum atomic E-state index is -2.46. The molecular formula is C21H47NO3Si. The second-order valence-electron chi connectivity index (χ2n) is 7.30. The molecule has 0 aromatic carbocycles. The normalized spacial score (nSPS) is 12.0. The first-order valence-electron chi connectivity index (χ1n) is 11.4. The fraction of sp³-hybridized carbons (Fsp3) is 1.00. The zero-order chi connectivity index (χ0) is 19.3. The van der Waals surface area contributed by atoms with Gasteiger partial charge in [-0.25, -0.2) is 0 Å². The molecule has 0 radical (unpaired) electrons. The van der Waals surface area contributed by atoms with Crippen LogP contribution >= 0.6 is 0 Å². The van der Waals surface area contributed by atoms with Crippen LogP contribution in [0.5, 0.6) is 0 Å². The quantitative estimate of drug-likeness (QED) is 0.191. The minimum Gasteiger partial charge on any atom is -0.373 e. The van der Waals surface area contributed by atoms with Gasteiger partial charge in [0.25, 0.3) is 0 Å². The van der Waals surface area contributed by atoms with Gasteiger partial charge in [0.1, 0.15) is 0 Å². The Balaban J connectivity index is 3.95. The standard InChI is InChI=1S/C21H47NO3Si/c1-4-18-23-26(24-19-5-2,25-20-6-3)21-16-14-12-10-8-7-9-11-13-15-17-22/h4-22H2,1-3H3. The van der Waals surface area contributed by atoms with E-state index in [4.69, 9.17) is 19.0 Å². The maximum atomic E-state index is 6.16. The molecule has 0 saturated carbocycles.